The summed E-state index contributed by atoms with van der Waals surface area (Å²) in [5.74, 6) is -0.475. The van der Waals surface area contributed by atoms with E-state index in [-0.39, 0.29) is 30.4 Å². The Morgan fingerprint density at radius 1 is 1.44 bits per heavy atom. The first-order chi connectivity index (χ1) is 13.1. The van der Waals surface area contributed by atoms with Gasteiger partial charge in [0.05, 0.1) is 25.0 Å². The number of anilines is 1. The second kappa shape index (κ2) is 6.91. The minimum absolute atomic E-state index is 0.0178. The number of amides is 1. The lowest BCUT2D eigenvalue weighted by atomic mass is 9.66. The minimum Gasteiger partial charge on any atom is -0.469 e. The number of methoxy groups -OCH3 is 1. The smallest absolute Gasteiger partial charge is 0.311 e. The maximum Gasteiger partial charge on any atom is 0.311 e. The topological polar surface area (TPSA) is 78.9 Å². The normalized spacial score (nSPS) is 33.4. The quantitative estimate of drug-likeness (QED) is 0.788. The Balaban J connectivity index is 1.71. The number of hydrogen-bond acceptors (Lipinski definition) is 5. The number of carbonyl (C=O) groups is 2. The third-order valence-electron chi connectivity index (χ3n) is 7.18. The van der Waals surface area contributed by atoms with E-state index in [0.29, 0.717) is 5.92 Å². The number of para-hydroxylation sites is 1. The number of carbonyl (C=O) groups excluding carboxylic acids is 2. The summed E-state index contributed by atoms with van der Waals surface area (Å²) in [5, 5.41) is 13.0. The van der Waals surface area contributed by atoms with Gasteiger partial charge >= 0.3 is 5.97 Å². The lowest BCUT2D eigenvalue weighted by molar-refractivity contribution is -0.151. The Morgan fingerprint density at radius 2 is 2.22 bits per heavy atom. The van der Waals surface area contributed by atoms with E-state index < -0.39 is 11.3 Å². The van der Waals surface area contributed by atoms with Gasteiger partial charge in [0.2, 0.25) is 5.91 Å². The van der Waals surface area contributed by atoms with Crippen molar-refractivity contribution in [3.63, 3.8) is 0 Å². The Hall–Kier alpha value is -1.92. The summed E-state index contributed by atoms with van der Waals surface area (Å²) in [4.78, 5) is 27.8. The van der Waals surface area contributed by atoms with Crippen LogP contribution in [-0.2, 0) is 19.7 Å². The maximum atomic E-state index is 13.1. The third kappa shape index (κ3) is 2.61. The highest BCUT2D eigenvalue weighted by Gasteiger charge is 2.60. The number of aliphatic hydroxyl groups excluding tert-OH is 1. The van der Waals surface area contributed by atoms with Crippen molar-refractivity contribution >= 4 is 17.6 Å². The molecule has 6 nitrogen and oxygen atoms in total. The number of hydrogen-bond donors (Lipinski definition) is 2. The molecule has 1 aromatic rings. The molecule has 1 amide bonds. The number of nitrogens with zero attached hydrogens (tertiary/aromatic N) is 1. The summed E-state index contributed by atoms with van der Waals surface area (Å²) in [6, 6.07) is 8.00. The summed E-state index contributed by atoms with van der Waals surface area (Å²) in [6.07, 6.45) is 2.46. The van der Waals surface area contributed by atoms with Crippen LogP contribution in [0.15, 0.2) is 24.3 Å². The van der Waals surface area contributed by atoms with Crippen LogP contribution >= 0.6 is 0 Å². The van der Waals surface area contributed by atoms with Crippen LogP contribution in [0.1, 0.15) is 31.7 Å². The third-order valence-corrected chi connectivity index (χ3v) is 7.18. The lowest BCUT2D eigenvalue weighted by Gasteiger charge is -2.46. The molecule has 2 saturated heterocycles. The molecule has 3 aliphatic rings. The lowest BCUT2D eigenvalue weighted by Crippen LogP contribution is -2.55. The van der Waals surface area contributed by atoms with Crippen LogP contribution in [0, 0.1) is 17.8 Å². The van der Waals surface area contributed by atoms with Crippen molar-refractivity contribution in [1.29, 1.82) is 0 Å². The number of piperidine rings is 1. The van der Waals surface area contributed by atoms with Gasteiger partial charge in [0.25, 0.3) is 0 Å². The maximum absolute atomic E-state index is 13.1. The molecule has 0 aromatic heterocycles. The fraction of sp³-hybridized carbons (Fsp3) is 0.619. The summed E-state index contributed by atoms with van der Waals surface area (Å²) >= 11 is 0. The van der Waals surface area contributed by atoms with Crippen molar-refractivity contribution in [2.75, 3.05) is 32.1 Å². The van der Waals surface area contributed by atoms with Gasteiger partial charge in [-0.3, -0.25) is 14.5 Å². The highest BCUT2D eigenvalue weighted by Crippen LogP contribution is 2.53. The Bertz CT molecular complexity index is 751. The molecular weight excluding hydrogens is 344 g/mol. The fourth-order valence-electron chi connectivity index (χ4n) is 5.79. The molecule has 27 heavy (non-hydrogen) atoms. The van der Waals surface area contributed by atoms with E-state index in [9.17, 15) is 14.7 Å². The van der Waals surface area contributed by atoms with Crippen LogP contribution in [0.4, 0.5) is 5.69 Å². The highest BCUT2D eigenvalue weighted by molar-refractivity contribution is 6.07. The summed E-state index contributed by atoms with van der Waals surface area (Å²) in [6.45, 7) is 3.66. The number of aliphatic hydroxyl groups is 1. The molecule has 146 valence electrons. The van der Waals surface area contributed by atoms with Gasteiger partial charge in [-0.2, -0.15) is 0 Å². The largest absolute Gasteiger partial charge is 0.469 e. The van der Waals surface area contributed by atoms with E-state index in [2.05, 4.69) is 23.2 Å². The zero-order valence-corrected chi connectivity index (χ0v) is 16.0. The van der Waals surface area contributed by atoms with E-state index in [1.165, 1.54) is 7.11 Å². The summed E-state index contributed by atoms with van der Waals surface area (Å²) in [5.41, 5.74) is 1.43. The van der Waals surface area contributed by atoms with Crippen LogP contribution < -0.4 is 5.32 Å². The van der Waals surface area contributed by atoms with E-state index in [4.69, 9.17) is 4.74 Å². The molecule has 6 heteroatoms. The number of rotatable bonds is 4. The van der Waals surface area contributed by atoms with Gasteiger partial charge in [0, 0.05) is 18.3 Å². The first-order valence-electron chi connectivity index (χ1n) is 9.90. The van der Waals surface area contributed by atoms with Gasteiger partial charge < -0.3 is 15.2 Å². The van der Waals surface area contributed by atoms with E-state index in [0.717, 1.165) is 43.6 Å². The molecule has 2 fully saturated rings. The van der Waals surface area contributed by atoms with Crippen LogP contribution in [0.25, 0.3) is 0 Å². The van der Waals surface area contributed by atoms with Crippen molar-refractivity contribution in [2.24, 2.45) is 17.8 Å². The molecule has 5 atom stereocenters. The van der Waals surface area contributed by atoms with Gasteiger partial charge in [-0.15, -0.1) is 0 Å². The van der Waals surface area contributed by atoms with Gasteiger partial charge in [-0.25, -0.2) is 0 Å². The SMILES string of the molecule is CC[C@@H]1CN2CC[C@]3(C(=O)Nc4ccccc43)[C@@H]2C[C@@H]1C(CO)C(=O)OC. The number of ether oxygens (including phenoxy) is 1. The molecule has 3 aliphatic heterocycles. The molecule has 2 N–H and O–H groups in total. The van der Waals surface area contributed by atoms with Crippen LogP contribution in [-0.4, -0.2) is 54.7 Å². The number of esters is 1. The standard InChI is InChI=1S/C21H28N2O4/c1-3-13-11-23-9-8-21(16-6-4-5-7-17(16)22-20(21)26)18(23)10-14(13)15(12-24)19(25)27-2/h4-7,13-15,18,24H,3,8-12H2,1-2H3,(H,22,26)/t13-,14+,15?,18+,21-/m1/s1. The minimum atomic E-state index is -0.552. The van der Waals surface area contributed by atoms with Crippen molar-refractivity contribution in [3.8, 4) is 0 Å². The second-order valence-corrected chi connectivity index (χ2v) is 8.11. The van der Waals surface area contributed by atoms with Crippen molar-refractivity contribution < 1.29 is 19.4 Å². The van der Waals surface area contributed by atoms with Gasteiger partial charge in [0.15, 0.2) is 0 Å². The predicted molar refractivity (Wildman–Crippen MR) is 101 cm³/mol. The van der Waals surface area contributed by atoms with E-state index in [1.807, 2.05) is 18.2 Å². The van der Waals surface area contributed by atoms with Crippen molar-refractivity contribution in [1.82, 2.24) is 4.90 Å². The summed E-state index contributed by atoms with van der Waals surface area (Å²) < 4.78 is 4.96. The first-order valence-corrected chi connectivity index (χ1v) is 9.90. The number of fused-ring (bicyclic) bond motifs is 4. The van der Waals surface area contributed by atoms with Gasteiger partial charge in [-0.05, 0) is 42.9 Å². The molecule has 1 spiro atoms. The van der Waals surface area contributed by atoms with Gasteiger partial charge in [0.1, 0.15) is 0 Å². The van der Waals surface area contributed by atoms with Crippen LogP contribution in [0.5, 0.6) is 0 Å². The van der Waals surface area contributed by atoms with E-state index >= 15 is 0 Å². The molecule has 1 aromatic carbocycles. The molecule has 0 aliphatic carbocycles. The Labute approximate surface area is 159 Å². The average Bonchev–Trinajstić information content (AvgIpc) is 3.20. The monoisotopic (exact) mass is 372 g/mol. The molecule has 4 rings (SSSR count). The predicted octanol–water partition coefficient (Wildman–Crippen LogP) is 1.78. The molecule has 0 saturated carbocycles. The molecular formula is C21H28N2O4. The average molecular weight is 372 g/mol. The molecule has 0 radical (unpaired) electrons. The molecule has 3 heterocycles. The number of benzene rings is 1. The zero-order chi connectivity index (χ0) is 19.2. The first kappa shape index (κ1) is 18.4. The molecule has 1 unspecified atom stereocenters. The van der Waals surface area contributed by atoms with Crippen molar-refractivity contribution in [2.45, 2.75) is 37.6 Å². The number of nitrogens with one attached hydrogen (secondary N) is 1. The van der Waals surface area contributed by atoms with E-state index in [1.54, 1.807) is 0 Å². The second-order valence-electron chi connectivity index (χ2n) is 8.11. The zero-order valence-electron chi connectivity index (χ0n) is 16.0. The fourth-order valence-corrected chi connectivity index (χ4v) is 5.79. The van der Waals surface area contributed by atoms with Crippen molar-refractivity contribution in [3.05, 3.63) is 29.8 Å². The Morgan fingerprint density at radius 3 is 2.93 bits per heavy atom. The van der Waals surface area contributed by atoms with Gasteiger partial charge in [-0.1, -0.05) is 31.5 Å². The molecule has 0 bridgehead atoms. The van der Waals surface area contributed by atoms with Crippen LogP contribution in [0.3, 0.4) is 0 Å². The van der Waals surface area contributed by atoms with Crippen LogP contribution in [0.2, 0.25) is 0 Å². The summed E-state index contributed by atoms with van der Waals surface area (Å²) in [7, 11) is 1.37. The highest BCUT2D eigenvalue weighted by atomic mass is 16.5. The Kier molecular flexibility index (Phi) is 4.72.